The second kappa shape index (κ2) is 6.09. The number of aryl methyl sites for hydroxylation is 1. The number of nitrogen functional groups attached to an aromatic ring is 1. The minimum absolute atomic E-state index is 0.0727. The molecule has 0 aliphatic heterocycles. The molecule has 0 radical (unpaired) electrons. The zero-order valence-electron chi connectivity index (χ0n) is 11.7. The number of halogens is 1. The number of hydrogen-bond donors (Lipinski definition) is 2. The minimum Gasteiger partial charge on any atom is -0.384 e. The Hall–Kier alpha value is -1.81. The molecule has 0 atom stereocenters. The Morgan fingerprint density at radius 1 is 1.25 bits per heavy atom. The molecule has 2 rings (SSSR count). The molecule has 0 fully saturated rings. The third kappa shape index (κ3) is 3.20. The van der Waals surface area contributed by atoms with Crippen LogP contribution >= 0.6 is 15.9 Å². The molecule has 0 saturated carbocycles. The second-order valence-corrected chi connectivity index (χ2v) is 5.75. The van der Waals surface area contributed by atoms with Crippen molar-refractivity contribution in [1.82, 2.24) is 0 Å². The highest BCUT2D eigenvalue weighted by atomic mass is 79.9. The summed E-state index contributed by atoms with van der Waals surface area (Å²) in [5.74, 6) is 0.0727. The van der Waals surface area contributed by atoms with Crippen molar-refractivity contribution in [3.63, 3.8) is 0 Å². The number of benzene rings is 2. The standard InChI is InChI=1S/C16H18BrN3/c1-11-5-3-6-12(9-11)10-20(2)14-8-4-7-13(17)15(14)16(18)19/h3-9H,10H2,1-2H3,(H3,18,19). The molecule has 0 heterocycles. The van der Waals surface area contributed by atoms with Crippen molar-refractivity contribution in [2.75, 3.05) is 11.9 Å². The van der Waals surface area contributed by atoms with Gasteiger partial charge >= 0.3 is 0 Å². The zero-order chi connectivity index (χ0) is 14.7. The van der Waals surface area contributed by atoms with Crippen LogP contribution in [0.25, 0.3) is 0 Å². The van der Waals surface area contributed by atoms with Gasteiger partial charge in [-0.1, -0.05) is 35.9 Å². The molecule has 2 aromatic rings. The molecule has 0 amide bonds. The molecule has 0 aliphatic carbocycles. The van der Waals surface area contributed by atoms with Crippen molar-refractivity contribution in [1.29, 1.82) is 5.41 Å². The Morgan fingerprint density at radius 3 is 2.60 bits per heavy atom. The highest BCUT2D eigenvalue weighted by Gasteiger charge is 2.13. The van der Waals surface area contributed by atoms with Gasteiger partial charge in [0.15, 0.2) is 0 Å². The molecular formula is C16H18BrN3. The van der Waals surface area contributed by atoms with Crippen LogP contribution in [0.4, 0.5) is 5.69 Å². The Labute approximate surface area is 128 Å². The lowest BCUT2D eigenvalue weighted by Gasteiger charge is -2.23. The molecule has 20 heavy (non-hydrogen) atoms. The highest BCUT2D eigenvalue weighted by Crippen LogP contribution is 2.27. The van der Waals surface area contributed by atoms with E-state index < -0.39 is 0 Å². The predicted molar refractivity (Wildman–Crippen MR) is 88.4 cm³/mol. The zero-order valence-corrected chi connectivity index (χ0v) is 13.2. The van der Waals surface area contributed by atoms with Crippen molar-refractivity contribution >= 4 is 27.5 Å². The summed E-state index contributed by atoms with van der Waals surface area (Å²) in [6.07, 6.45) is 0. The molecule has 0 saturated heterocycles. The van der Waals surface area contributed by atoms with Gasteiger partial charge in [-0.2, -0.15) is 0 Å². The van der Waals surface area contributed by atoms with Gasteiger partial charge in [0.1, 0.15) is 5.84 Å². The molecule has 0 aromatic heterocycles. The lowest BCUT2D eigenvalue weighted by Crippen LogP contribution is -2.22. The van der Waals surface area contributed by atoms with Crippen LogP contribution in [0.5, 0.6) is 0 Å². The average molecular weight is 332 g/mol. The van der Waals surface area contributed by atoms with Crippen molar-refractivity contribution in [3.05, 3.63) is 63.6 Å². The van der Waals surface area contributed by atoms with Crippen molar-refractivity contribution in [2.24, 2.45) is 5.73 Å². The van der Waals surface area contributed by atoms with E-state index >= 15 is 0 Å². The van der Waals surface area contributed by atoms with Crippen LogP contribution in [0.3, 0.4) is 0 Å². The van der Waals surface area contributed by atoms with Crippen LogP contribution in [-0.2, 0) is 6.54 Å². The highest BCUT2D eigenvalue weighted by molar-refractivity contribution is 9.10. The van der Waals surface area contributed by atoms with Gasteiger partial charge in [-0.25, -0.2) is 0 Å². The molecular weight excluding hydrogens is 314 g/mol. The molecule has 0 aliphatic rings. The van der Waals surface area contributed by atoms with E-state index in [2.05, 4.69) is 52.0 Å². The van der Waals surface area contributed by atoms with E-state index in [4.69, 9.17) is 11.1 Å². The first-order valence-corrected chi connectivity index (χ1v) is 7.18. The van der Waals surface area contributed by atoms with Crippen LogP contribution in [0.15, 0.2) is 46.9 Å². The molecule has 4 heteroatoms. The lowest BCUT2D eigenvalue weighted by atomic mass is 10.1. The predicted octanol–water partition coefficient (Wildman–Crippen LogP) is 3.68. The first-order chi connectivity index (χ1) is 9.49. The monoisotopic (exact) mass is 331 g/mol. The summed E-state index contributed by atoms with van der Waals surface area (Å²) in [7, 11) is 2.01. The Morgan fingerprint density at radius 2 is 1.95 bits per heavy atom. The van der Waals surface area contributed by atoms with Gasteiger partial charge in [-0.05, 0) is 40.5 Å². The molecule has 0 spiro atoms. The molecule has 0 bridgehead atoms. The largest absolute Gasteiger partial charge is 0.384 e. The topological polar surface area (TPSA) is 53.1 Å². The van der Waals surface area contributed by atoms with E-state index in [0.717, 1.165) is 22.3 Å². The maximum atomic E-state index is 7.75. The maximum absolute atomic E-state index is 7.75. The Kier molecular flexibility index (Phi) is 4.45. The van der Waals surface area contributed by atoms with Crippen molar-refractivity contribution < 1.29 is 0 Å². The molecule has 0 unspecified atom stereocenters. The summed E-state index contributed by atoms with van der Waals surface area (Å²) in [5.41, 5.74) is 9.87. The van der Waals surface area contributed by atoms with Gasteiger partial charge < -0.3 is 10.6 Å². The third-order valence-electron chi connectivity index (χ3n) is 3.17. The fourth-order valence-electron chi connectivity index (χ4n) is 2.27. The quantitative estimate of drug-likeness (QED) is 0.663. The Bertz CT molecular complexity index is 637. The molecule has 2 aromatic carbocycles. The van der Waals surface area contributed by atoms with Crippen molar-refractivity contribution in [2.45, 2.75) is 13.5 Å². The smallest absolute Gasteiger partial charge is 0.126 e. The number of amidine groups is 1. The van der Waals surface area contributed by atoms with E-state index in [0.29, 0.717) is 0 Å². The average Bonchev–Trinajstić information content (AvgIpc) is 2.37. The fourth-order valence-corrected chi connectivity index (χ4v) is 2.84. The minimum atomic E-state index is 0.0727. The maximum Gasteiger partial charge on any atom is 0.126 e. The molecule has 3 N–H and O–H groups in total. The van der Waals surface area contributed by atoms with Gasteiger partial charge in [0.2, 0.25) is 0 Å². The number of nitrogens with zero attached hydrogens (tertiary/aromatic N) is 1. The van der Waals surface area contributed by atoms with Crippen LogP contribution in [0.1, 0.15) is 16.7 Å². The fraction of sp³-hybridized carbons (Fsp3) is 0.188. The van der Waals surface area contributed by atoms with Crippen LogP contribution in [0.2, 0.25) is 0 Å². The van der Waals surface area contributed by atoms with Gasteiger partial charge in [-0.15, -0.1) is 0 Å². The van der Waals surface area contributed by atoms with E-state index in [1.54, 1.807) is 0 Å². The third-order valence-corrected chi connectivity index (χ3v) is 3.84. The van der Waals surface area contributed by atoms with Gasteiger partial charge in [0.05, 0.1) is 5.56 Å². The van der Waals surface area contributed by atoms with Gasteiger partial charge in [0, 0.05) is 23.8 Å². The number of nitrogens with two attached hydrogens (primary N) is 1. The van der Waals surface area contributed by atoms with Gasteiger partial charge in [0.25, 0.3) is 0 Å². The van der Waals surface area contributed by atoms with E-state index in [1.807, 2.05) is 25.2 Å². The first-order valence-electron chi connectivity index (χ1n) is 6.38. The van der Waals surface area contributed by atoms with E-state index in [9.17, 15) is 0 Å². The molecule has 3 nitrogen and oxygen atoms in total. The summed E-state index contributed by atoms with van der Waals surface area (Å²) in [6.45, 7) is 2.86. The number of anilines is 1. The Balaban J connectivity index is 2.32. The van der Waals surface area contributed by atoms with E-state index in [-0.39, 0.29) is 5.84 Å². The van der Waals surface area contributed by atoms with Crippen LogP contribution in [-0.4, -0.2) is 12.9 Å². The lowest BCUT2D eigenvalue weighted by molar-refractivity contribution is 0.919. The number of rotatable bonds is 4. The summed E-state index contributed by atoms with van der Waals surface area (Å²) < 4.78 is 0.846. The van der Waals surface area contributed by atoms with E-state index in [1.165, 1.54) is 11.1 Å². The van der Waals surface area contributed by atoms with Crippen molar-refractivity contribution in [3.8, 4) is 0 Å². The SMILES string of the molecule is Cc1cccc(CN(C)c2cccc(Br)c2C(=N)N)c1. The normalized spacial score (nSPS) is 10.3. The summed E-state index contributed by atoms with van der Waals surface area (Å²) >= 11 is 3.47. The number of hydrogen-bond acceptors (Lipinski definition) is 2. The summed E-state index contributed by atoms with van der Waals surface area (Å²) in [4.78, 5) is 2.11. The first kappa shape index (κ1) is 14.6. The second-order valence-electron chi connectivity index (χ2n) is 4.89. The molecule has 104 valence electrons. The number of nitrogens with one attached hydrogen (secondary N) is 1. The van der Waals surface area contributed by atoms with Crippen LogP contribution in [0, 0.1) is 12.3 Å². The summed E-state index contributed by atoms with van der Waals surface area (Å²) in [5, 5.41) is 7.75. The van der Waals surface area contributed by atoms with Gasteiger partial charge in [-0.3, -0.25) is 5.41 Å². The van der Waals surface area contributed by atoms with Crippen LogP contribution < -0.4 is 10.6 Å². The summed E-state index contributed by atoms with van der Waals surface area (Å²) in [6, 6.07) is 14.3.